The van der Waals surface area contributed by atoms with Crippen molar-refractivity contribution in [2.75, 3.05) is 0 Å². The summed E-state index contributed by atoms with van der Waals surface area (Å²) in [4.78, 5) is 23.0. The average molecular weight is 281 g/mol. The van der Waals surface area contributed by atoms with Crippen LogP contribution in [0.2, 0.25) is 0 Å². The maximum absolute atomic E-state index is 11.8. The molecule has 1 fully saturated rings. The number of carbonyl (C=O) groups excluding carboxylic acids is 2. The number of benzene rings is 1. The maximum Gasteiger partial charge on any atom is 0.324 e. The smallest absolute Gasteiger partial charge is 0.324 e. The van der Waals surface area contributed by atoms with Gasteiger partial charge < -0.3 is 4.74 Å². The molecule has 1 aliphatic carbocycles. The van der Waals surface area contributed by atoms with Crippen LogP contribution in [0.15, 0.2) is 22.7 Å². The Bertz CT molecular complexity index is 509. The van der Waals surface area contributed by atoms with Crippen LogP contribution in [-0.4, -0.2) is 11.9 Å². The van der Waals surface area contributed by atoms with Crippen LogP contribution in [0.4, 0.5) is 0 Å². The molecule has 82 valence electrons. The van der Waals surface area contributed by atoms with Crippen LogP contribution in [0.25, 0.3) is 0 Å². The minimum atomic E-state index is -0.687. The van der Waals surface area contributed by atoms with E-state index in [0.29, 0.717) is 6.42 Å². The fourth-order valence-electron chi connectivity index (χ4n) is 2.67. The zero-order valence-electron chi connectivity index (χ0n) is 8.46. The molecule has 0 N–H and O–H groups in total. The fourth-order valence-corrected chi connectivity index (χ4v) is 3.08. The van der Waals surface area contributed by atoms with E-state index in [1.165, 1.54) is 0 Å². The zero-order valence-corrected chi connectivity index (χ0v) is 10.0. The van der Waals surface area contributed by atoms with Gasteiger partial charge in [0.15, 0.2) is 0 Å². The molecule has 1 heterocycles. The summed E-state index contributed by atoms with van der Waals surface area (Å²) < 4.78 is 5.70. The van der Waals surface area contributed by atoms with Gasteiger partial charge in [0.25, 0.3) is 0 Å². The Morgan fingerprint density at radius 2 is 2.12 bits per heavy atom. The van der Waals surface area contributed by atoms with E-state index in [4.69, 9.17) is 4.74 Å². The van der Waals surface area contributed by atoms with Crippen molar-refractivity contribution in [3.8, 4) is 0 Å². The van der Waals surface area contributed by atoms with Gasteiger partial charge in [-0.3, -0.25) is 9.59 Å². The summed E-state index contributed by atoms with van der Waals surface area (Å²) in [6, 6.07) is 5.84. The second-order valence-electron chi connectivity index (χ2n) is 4.32. The zero-order chi connectivity index (χ0) is 11.3. The largest absolute Gasteiger partial charge is 0.392 e. The van der Waals surface area contributed by atoms with Crippen LogP contribution in [-0.2, 0) is 26.2 Å². The van der Waals surface area contributed by atoms with Gasteiger partial charge in [-0.05, 0) is 36.1 Å². The molecular weight excluding hydrogens is 272 g/mol. The van der Waals surface area contributed by atoms with E-state index in [1.54, 1.807) is 0 Å². The van der Waals surface area contributed by atoms with Crippen LogP contribution in [0.3, 0.4) is 0 Å². The summed E-state index contributed by atoms with van der Waals surface area (Å²) in [5, 5.41) is 0. The quantitative estimate of drug-likeness (QED) is 0.540. The number of esters is 2. The van der Waals surface area contributed by atoms with Crippen molar-refractivity contribution < 1.29 is 14.3 Å². The Hall–Kier alpha value is -1.16. The molecule has 0 aromatic heterocycles. The molecule has 0 radical (unpaired) electrons. The third kappa shape index (κ3) is 1.19. The number of aryl methyl sites for hydroxylation is 1. The van der Waals surface area contributed by atoms with Crippen molar-refractivity contribution in [3.05, 3.63) is 33.8 Å². The van der Waals surface area contributed by atoms with Crippen LogP contribution >= 0.6 is 15.9 Å². The number of hydrogen-bond donors (Lipinski definition) is 0. The highest BCUT2D eigenvalue weighted by molar-refractivity contribution is 9.10. The Morgan fingerprint density at radius 1 is 1.31 bits per heavy atom. The fraction of sp³-hybridized carbons (Fsp3) is 0.333. The van der Waals surface area contributed by atoms with Crippen molar-refractivity contribution in [3.63, 3.8) is 0 Å². The molecular formula is C12H9BrO3. The Kier molecular flexibility index (Phi) is 1.98. The van der Waals surface area contributed by atoms with Crippen LogP contribution in [0.1, 0.15) is 24.0 Å². The lowest BCUT2D eigenvalue weighted by molar-refractivity contribution is -0.153. The van der Waals surface area contributed by atoms with Crippen molar-refractivity contribution in [1.82, 2.24) is 0 Å². The lowest BCUT2D eigenvalue weighted by Gasteiger charge is -2.17. The van der Waals surface area contributed by atoms with Crippen molar-refractivity contribution >= 4 is 27.9 Å². The third-order valence-electron chi connectivity index (χ3n) is 3.45. The molecule has 3 nitrogen and oxygen atoms in total. The number of carbonyl (C=O) groups is 2. The number of rotatable bonds is 0. The molecule has 3 rings (SSSR count). The Labute approximate surface area is 101 Å². The van der Waals surface area contributed by atoms with E-state index in [-0.39, 0.29) is 12.4 Å². The van der Waals surface area contributed by atoms with Crippen molar-refractivity contribution in [2.24, 2.45) is 0 Å². The topological polar surface area (TPSA) is 43.4 Å². The number of ether oxygens (including phenoxy) is 1. The number of hydrogen-bond acceptors (Lipinski definition) is 3. The third-order valence-corrected chi connectivity index (χ3v) is 3.94. The first kappa shape index (κ1) is 10.0. The van der Waals surface area contributed by atoms with Gasteiger partial charge in [-0.15, -0.1) is 0 Å². The standard InChI is InChI=1S/C12H9BrO3/c13-8-1-2-9-7(5-8)3-4-12(9)6-10(14)16-11(12)15/h1-2,5H,3-4,6H2/t12-/m1/s1. The molecule has 1 spiro atoms. The van der Waals surface area contributed by atoms with E-state index in [0.717, 1.165) is 22.0 Å². The highest BCUT2D eigenvalue weighted by atomic mass is 79.9. The van der Waals surface area contributed by atoms with Gasteiger partial charge in [0.05, 0.1) is 6.42 Å². The maximum atomic E-state index is 11.8. The van der Waals surface area contributed by atoms with E-state index >= 15 is 0 Å². The SMILES string of the molecule is O=C1C[C@@]2(CCc3cc(Br)ccc32)C(=O)O1. The molecule has 4 heteroatoms. The summed E-state index contributed by atoms with van der Waals surface area (Å²) in [6.07, 6.45) is 1.71. The van der Waals surface area contributed by atoms with E-state index < -0.39 is 11.4 Å². The van der Waals surface area contributed by atoms with Gasteiger partial charge in [-0.25, -0.2) is 0 Å². The van der Waals surface area contributed by atoms with E-state index in [1.807, 2.05) is 18.2 Å². The van der Waals surface area contributed by atoms with Gasteiger partial charge in [0, 0.05) is 4.47 Å². The summed E-state index contributed by atoms with van der Waals surface area (Å²) in [5.41, 5.74) is 1.42. The minimum Gasteiger partial charge on any atom is -0.392 e. The number of fused-ring (bicyclic) bond motifs is 2. The summed E-state index contributed by atoms with van der Waals surface area (Å²) >= 11 is 3.41. The molecule has 1 aliphatic heterocycles. The molecule has 1 aromatic rings. The number of cyclic esters (lactones) is 2. The second-order valence-corrected chi connectivity index (χ2v) is 5.24. The average Bonchev–Trinajstić information content (AvgIpc) is 2.70. The van der Waals surface area contributed by atoms with Crippen LogP contribution in [0.5, 0.6) is 0 Å². The van der Waals surface area contributed by atoms with Gasteiger partial charge in [-0.2, -0.15) is 0 Å². The molecule has 2 aliphatic rings. The second kappa shape index (κ2) is 3.17. The predicted octanol–water partition coefficient (Wildman–Crippen LogP) is 2.11. The highest BCUT2D eigenvalue weighted by Gasteiger charge is 2.53. The van der Waals surface area contributed by atoms with Crippen molar-refractivity contribution in [1.29, 1.82) is 0 Å². The molecule has 1 aromatic carbocycles. The monoisotopic (exact) mass is 280 g/mol. The minimum absolute atomic E-state index is 0.195. The van der Waals surface area contributed by atoms with Crippen LogP contribution in [0, 0.1) is 0 Å². The van der Waals surface area contributed by atoms with Crippen LogP contribution < -0.4 is 0 Å². The summed E-state index contributed by atoms with van der Waals surface area (Å²) in [7, 11) is 0. The Balaban J connectivity index is 2.15. The summed E-state index contributed by atoms with van der Waals surface area (Å²) in [6.45, 7) is 0. The molecule has 16 heavy (non-hydrogen) atoms. The highest BCUT2D eigenvalue weighted by Crippen LogP contribution is 2.46. The van der Waals surface area contributed by atoms with Gasteiger partial charge >= 0.3 is 11.9 Å². The number of halogens is 1. The normalized spacial score (nSPS) is 27.3. The van der Waals surface area contributed by atoms with E-state index in [9.17, 15) is 9.59 Å². The molecule has 0 saturated carbocycles. The van der Waals surface area contributed by atoms with E-state index in [2.05, 4.69) is 15.9 Å². The molecule has 0 bridgehead atoms. The lowest BCUT2D eigenvalue weighted by atomic mass is 9.80. The first-order valence-electron chi connectivity index (χ1n) is 5.16. The van der Waals surface area contributed by atoms with Gasteiger partial charge in [0.2, 0.25) is 0 Å². The van der Waals surface area contributed by atoms with Gasteiger partial charge in [-0.1, -0.05) is 22.0 Å². The predicted molar refractivity (Wildman–Crippen MR) is 59.9 cm³/mol. The van der Waals surface area contributed by atoms with Gasteiger partial charge in [0.1, 0.15) is 5.41 Å². The lowest BCUT2D eigenvalue weighted by Crippen LogP contribution is -2.28. The molecule has 1 saturated heterocycles. The molecule has 1 atom stereocenters. The van der Waals surface area contributed by atoms with Crippen molar-refractivity contribution in [2.45, 2.75) is 24.7 Å². The summed E-state index contributed by atoms with van der Waals surface area (Å²) in [5.74, 6) is -0.778. The first-order valence-corrected chi connectivity index (χ1v) is 5.95. The first-order chi connectivity index (χ1) is 7.62. The molecule has 0 amide bonds. The Morgan fingerprint density at radius 3 is 2.81 bits per heavy atom. The molecule has 0 unspecified atom stereocenters.